The number of aliphatic hydroxyl groups is 1. The number of amides is 1. The van der Waals surface area contributed by atoms with Crippen LogP contribution in [0.1, 0.15) is 31.7 Å². The van der Waals surface area contributed by atoms with Crippen molar-refractivity contribution in [2.45, 2.75) is 38.3 Å². The maximum absolute atomic E-state index is 12.3. The lowest BCUT2D eigenvalue weighted by Crippen LogP contribution is -2.48. The Morgan fingerprint density at radius 1 is 1.41 bits per heavy atom. The Balaban J connectivity index is 2.05. The Hall–Kier alpha value is -2.21. The minimum Gasteiger partial charge on any atom is -0.391 e. The standard InChI is InChI=1S/C16H20N2O4/c1-12(19)15-4-2-3-11-17(15)16(20)10-7-13-5-8-14(9-6-13)18(21)22/h5-10,12,15,19H,2-4,11H2,1H3/b10-7+. The van der Waals surface area contributed by atoms with Gasteiger partial charge in [-0.3, -0.25) is 14.9 Å². The summed E-state index contributed by atoms with van der Waals surface area (Å²) in [5, 5.41) is 20.4. The quantitative estimate of drug-likeness (QED) is 0.526. The van der Waals surface area contributed by atoms with Crippen LogP contribution >= 0.6 is 0 Å². The smallest absolute Gasteiger partial charge is 0.269 e. The second kappa shape index (κ2) is 7.17. The second-order valence-electron chi connectivity index (χ2n) is 5.52. The van der Waals surface area contributed by atoms with Crippen molar-refractivity contribution in [3.8, 4) is 0 Å². The van der Waals surface area contributed by atoms with Crippen molar-refractivity contribution in [1.29, 1.82) is 0 Å². The number of aliphatic hydroxyl groups excluding tert-OH is 1. The Morgan fingerprint density at radius 3 is 2.68 bits per heavy atom. The Kier molecular flexibility index (Phi) is 5.27. The molecule has 6 heteroatoms. The molecule has 6 nitrogen and oxygen atoms in total. The van der Waals surface area contributed by atoms with Crippen molar-refractivity contribution in [2.75, 3.05) is 6.54 Å². The van der Waals surface area contributed by atoms with Crippen LogP contribution in [0.4, 0.5) is 5.69 Å². The molecule has 2 rings (SSSR count). The van der Waals surface area contributed by atoms with Gasteiger partial charge in [-0.25, -0.2) is 0 Å². The van der Waals surface area contributed by atoms with Gasteiger partial charge in [0.2, 0.25) is 5.91 Å². The third kappa shape index (κ3) is 3.92. The van der Waals surface area contributed by atoms with Crippen molar-refractivity contribution in [3.05, 3.63) is 46.0 Å². The van der Waals surface area contributed by atoms with Crippen LogP contribution in [0.2, 0.25) is 0 Å². The minimum absolute atomic E-state index is 0.0219. The number of likely N-dealkylation sites (tertiary alicyclic amines) is 1. The van der Waals surface area contributed by atoms with Gasteiger partial charge >= 0.3 is 0 Å². The SMILES string of the molecule is CC(O)C1CCCCN1C(=O)/C=C/c1ccc([N+](=O)[O-])cc1. The van der Waals surface area contributed by atoms with Gasteiger partial charge in [0.05, 0.1) is 17.1 Å². The fourth-order valence-corrected chi connectivity index (χ4v) is 2.70. The second-order valence-corrected chi connectivity index (χ2v) is 5.52. The van der Waals surface area contributed by atoms with Crippen LogP contribution in [-0.2, 0) is 4.79 Å². The maximum atomic E-state index is 12.3. The summed E-state index contributed by atoms with van der Waals surface area (Å²) in [4.78, 5) is 24.1. The van der Waals surface area contributed by atoms with Gasteiger partial charge in [-0.2, -0.15) is 0 Å². The van der Waals surface area contributed by atoms with E-state index in [1.165, 1.54) is 18.2 Å². The molecule has 2 atom stereocenters. The summed E-state index contributed by atoms with van der Waals surface area (Å²) in [5.74, 6) is -0.135. The summed E-state index contributed by atoms with van der Waals surface area (Å²) >= 11 is 0. The van der Waals surface area contributed by atoms with Crippen molar-refractivity contribution in [2.24, 2.45) is 0 Å². The molecule has 1 saturated heterocycles. The number of carbonyl (C=O) groups excluding carboxylic acids is 1. The van der Waals surface area contributed by atoms with Crippen molar-refractivity contribution < 1.29 is 14.8 Å². The van der Waals surface area contributed by atoms with E-state index in [1.807, 2.05) is 0 Å². The molecular formula is C16H20N2O4. The summed E-state index contributed by atoms with van der Waals surface area (Å²) in [6, 6.07) is 5.88. The van der Waals surface area contributed by atoms with E-state index >= 15 is 0 Å². The Labute approximate surface area is 129 Å². The van der Waals surface area contributed by atoms with E-state index in [2.05, 4.69) is 0 Å². The number of non-ortho nitro benzene ring substituents is 1. The molecule has 1 amide bonds. The maximum Gasteiger partial charge on any atom is 0.269 e. The molecule has 2 unspecified atom stereocenters. The average molecular weight is 304 g/mol. The molecule has 1 N–H and O–H groups in total. The first kappa shape index (κ1) is 16.2. The summed E-state index contributed by atoms with van der Waals surface area (Å²) in [6.45, 7) is 2.36. The number of hydrogen-bond donors (Lipinski definition) is 1. The molecule has 0 spiro atoms. The lowest BCUT2D eigenvalue weighted by Gasteiger charge is -2.36. The van der Waals surface area contributed by atoms with E-state index in [0.29, 0.717) is 6.54 Å². The summed E-state index contributed by atoms with van der Waals surface area (Å²) in [7, 11) is 0. The number of carbonyl (C=O) groups is 1. The van der Waals surface area contributed by atoms with Gasteiger partial charge in [0, 0.05) is 24.8 Å². The number of nitro benzene ring substituents is 1. The number of hydrogen-bond acceptors (Lipinski definition) is 4. The predicted molar refractivity (Wildman–Crippen MR) is 83.2 cm³/mol. The summed E-state index contributed by atoms with van der Waals surface area (Å²) in [6.07, 6.45) is 5.33. The van der Waals surface area contributed by atoms with Crippen molar-refractivity contribution in [1.82, 2.24) is 4.90 Å². The number of nitro groups is 1. The zero-order valence-electron chi connectivity index (χ0n) is 12.5. The summed E-state index contributed by atoms with van der Waals surface area (Å²) in [5.41, 5.74) is 0.748. The zero-order valence-corrected chi connectivity index (χ0v) is 12.5. The van der Waals surface area contributed by atoms with E-state index in [1.54, 1.807) is 30.0 Å². The minimum atomic E-state index is -0.544. The number of nitrogens with zero attached hydrogens (tertiary/aromatic N) is 2. The molecule has 0 radical (unpaired) electrons. The van der Waals surface area contributed by atoms with Crippen LogP contribution in [0.5, 0.6) is 0 Å². The normalized spacial score (nSPS) is 20.1. The number of piperidine rings is 1. The molecule has 1 fully saturated rings. The molecule has 0 aromatic heterocycles. The monoisotopic (exact) mass is 304 g/mol. The van der Waals surface area contributed by atoms with E-state index in [4.69, 9.17) is 0 Å². The molecule has 0 bridgehead atoms. The zero-order chi connectivity index (χ0) is 16.1. The van der Waals surface area contributed by atoms with Gasteiger partial charge in [-0.1, -0.05) is 0 Å². The molecule has 118 valence electrons. The van der Waals surface area contributed by atoms with Gasteiger partial charge in [-0.15, -0.1) is 0 Å². The highest BCUT2D eigenvalue weighted by Crippen LogP contribution is 2.20. The molecule has 1 aliphatic heterocycles. The van der Waals surface area contributed by atoms with Gasteiger partial charge in [0.1, 0.15) is 0 Å². The fourth-order valence-electron chi connectivity index (χ4n) is 2.70. The predicted octanol–water partition coefficient (Wildman–Crippen LogP) is 2.37. The van der Waals surface area contributed by atoms with Gasteiger partial charge in [0.25, 0.3) is 5.69 Å². The van der Waals surface area contributed by atoms with Gasteiger partial charge in [-0.05, 0) is 50.0 Å². The lowest BCUT2D eigenvalue weighted by molar-refractivity contribution is -0.384. The van der Waals surface area contributed by atoms with Crippen LogP contribution in [0.15, 0.2) is 30.3 Å². The molecular weight excluding hydrogens is 284 g/mol. The lowest BCUT2D eigenvalue weighted by atomic mass is 9.98. The van der Waals surface area contributed by atoms with Gasteiger partial charge < -0.3 is 10.0 Å². The molecule has 22 heavy (non-hydrogen) atoms. The molecule has 1 aliphatic rings. The van der Waals surface area contributed by atoms with Gasteiger partial charge in [0.15, 0.2) is 0 Å². The van der Waals surface area contributed by atoms with E-state index in [0.717, 1.165) is 24.8 Å². The molecule has 0 aliphatic carbocycles. The molecule has 0 saturated carbocycles. The summed E-state index contributed by atoms with van der Waals surface area (Å²) < 4.78 is 0. The third-order valence-corrected chi connectivity index (χ3v) is 3.91. The Bertz CT molecular complexity index is 566. The Morgan fingerprint density at radius 2 is 2.09 bits per heavy atom. The van der Waals surface area contributed by atoms with Crippen LogP contribution in [0.3, 0.4) is 0 Å². The third-order valence-electron chi connectivity index (χ3n) is 3.91. The van der Waals surface area contributed by atoms with Crippen LogP contribution in [-0.4, -0.2) is 39.5 Å². The molecule has 1 aromatic rings. The van der Waals surface area contributed by atoms with E-state index in [9.17, 15) is 20.0 Å². The highest BCUT2D eigenvalue weighted by molar-refractivity contribution is 5.92. The average Bonchev–Trinajstić information content (AvgIpc) is 2.53. The first-order chi connectivity index (χ1) is 10.5. The highest BCUT2D eigenvalue weighted by Gasteiger charge is 2.28. The fraction of sp³-hybridized carbons (Fsp3) is 0.438. The molecule has 1 aromatic carbocycles. The first-order valence-electron chi connectivity index (χ1n) is 7.40. The largest absolute Gasteiger partial charge is 0.391 e. The van der Waals surface area contributed by atoms with Crippen molar-refractivity contribution >= 4 is 17.7 Å². The van der Waals surface area contributed by atoms with E-state index in [-0.39, 0.29) is 17.6 Å². The van der Waals surface area contributed by atoms with E-state index < -0.39 is 11.0 Å². The topological polar surface area (TPSA) is 83.7 Å². The van der Waals surface area contributed by atoms with Crippen LogP contribution < -0.4 is 0 Å². The highest BCUT2D eigenvalue weighted by atomic mass is 16.6. The van der Waals surface area contributed by atoms with Crippen LogP contribution in [0, 0.1) is 10.1 Å². The number of benzene rings is 1. The van der Waals surface area contributed by atoms with Crippen LogP contribution in [0.25, 0.3) is 6.08 Å². The van der Waals surface area contributed by atoms with Crippen molar-refractivity contribution in [3.63, 3.8) is 0 Å². The first-order valence-corrected chi connectivity index (χ1v) is 7.40. The molecule has 1 heterocycles. The number of rotatable bonds is 4.